The van der Waals surface area contributed by atoms with Crippen LogP contribution in [0, 0.1) is 5.82 Å². The molecule has 1 amide bonds. The molecule has 0 N–H and O–H groups in total. The van der Waals surface area contributed by atoms with E-state index in [1.165, 1.54) is 6.07 Å². The smallest absolute Gasteiger partial charge is 0.259 e. The number of ether oxygens (including phenoxy) is 3. The normalized spacial score (nSPS) is 17.0. The second-order valence-electron chi connectivity index (χ2n) is 10.9. The molecular formula is C32H33FN4O5. The lowest BCUT2D eigenvalue weighted by atomic mass is 10.0. The number of rotatable bonds is 6. The molecule has 4 heterocycles. The van der Waals surface area contributed by atoms with Gasteiger partial charge in [0.05, 0.1) is 30.9 Å². The third-order valence-electron chi connectivity index (χ3n) is 8.44. The van der Waals surface area contributed by atoms with Crippen molar-refractivity contribution in [3.8, 4) is 17.2 Å². The third-order valence-corrected chi connectivity index (χ3v) is 8.44. The molecule has 42 heavy (non-hydrogen) atoms. The monoisotopic (exact) mass is 572 g/mol. The van der Waals surface area contributed by atoms with Crippen molar-refractivity contribution in [2.75, 3.05) is 77.1 Å². The van der Waals surface area contributed by atoms with E-state index in [4.69, 9.17) is 14.2 Å². The number of benzene rings is 3. The SMILES string of the molecule is CCOCCN1CCN(c2c(F)cc3c(=O)c(C(=O)N4CCOCC4)cn4c3c2Oc2cc3ccccc3cc2-4)CC1. The van der Waals surface area contributed by atoms with E-state index in [0.29, 0.717) is 81.0 Å². The van der Waals surface area contributed by atoms with Crippen LogP contribution in [0.4, 0.5) is 10.1 Å². The number of carbonyl (C=O) groups is 1. The molecule has 0 radical (unpaired) electrons. The fourth-order valence-electron chi connectivity index (χ4n) is 6.21. The first-order chi connectivity index (χ1) is 20.5. The van der Waals surface area contributed by atoms with E-state index in [2.05, 4.69) is 4.90 Å². The number of carbonyl (C=O) groups excluding carboxylic acids is 1. The van der Waals surface area contributed by atoms with Crippen LogP contribution in [-0.2, 0) is 9.47 Å². The van der Waals surface area contributed by atoms with E-state index in [9.17, 15) is 9.59 Å². The number of morpholine rings is 1. The summed E-state index contributed by atoms with van der Waals surface area (Å²) in [5.74, 6) is -0.0720. The summed E-state index contributed by atoms with van der Waals surface area (Å²) in [6.45, 7) is 8.49. The highest BCUT2D eigenvalue weighted by molar-refractivity contribution is 6.02. The number of nitrogens with zero attached hydrogens (tertiary/aromatic N) is 4. The summed E-state index contributed by atoms with van der Waals surface area (Å²) < 4.78 is 35.4. The van der Waals surface area contributed by atoms with Crippen LogP contribution in [-0.4, -0.2) is 92.5 Å². The first-order valence-corrected chi connectivity index (χ1v) is 14.6. The lowest BCUT2D eigenvalue weighted by Gasteiger charge is -2.37. The molecule has 2 fully saturated rings. The predicted octanol–water partition coefficient (Wildman–Crippen LogP) is 4.02. The molecule has 0 unspecified atom stereocenters. The summed E-state index contributed by atoms with van der Waals surface area (Å²) in [7, 11) is 0. The van der Waals surface area contributed by atoms with Crippen molar-refractivity contribution in [1.82, 2.24) is 14.4 Å². The van der Waals surface area contributed by atoms with Crippen molar-refractivity contribution in [3.05, 3.63) is 70.3 Å². The van der Waals surface area contributed by atoms with Crippen LogP contribution >= 0.6 is 0 Å². The minimum Gasteiger partial charge on any atom is -0.451 e. The fraction of sp³-hybridized carbons (Fsp3) is 0.375. The molecule has 2 saturated heterocycles. The van der Waals surface area contributed by atoms with Crippen LogP contribution in [0.15, 0.2) is 53.5 Å². The molecular weight excluding hydrogens is 539 g/mol. The number of halogens is 1. The van der Waals surface area contributed by atoms with Crippen LogP contribution in [0.3, 0.4) is 0 Å². The Morgan fingerprint density at radius 1 is 1.00 bits per heavy atom. The Hall–Kier alpha value is -3.99. The molecule has 0 spiro atoms. The Bertz CT molecular complexity index is 1740. The molecule has 218 valence electrons. The van der Waals surface area contributed by atoms with Gasteiger partial charge in [-0.15, -0.1) is 0 Å². The van der Waals surface area contributed by atoms with Gasteiger partial charge in [0.25, 0.3) is 5.91 Å². The topological polar surface area (TPSA) is 76.5 Å². The molecule has 0 atom stereocenters. The average molecular weight is 573 g/mol. The number of aromatic nitrogens is 1. The molecule has 7 rings (SSSR count). The summed E-state index contributed by atoms with van der Waals surface area (Å²) in [5, 5.41) is 2.09. The second kappa shape index (κ2) is 11.0. The van der Waals surface area contributed by atoms with E-state index in [0.717, 1.165) is 30.4 Å². The first kappa shape index (κ1) is 26.9. The van der Waals surface area contributed by atoms with Crippen molar-refractivity contribution < 1.29 is 23.4 Å². The minimum absolute atomic E-state index is 0.00595. The number of hydrogen-bond acceptors (Lipinski definition) is 7. The molecule has 0 saturated carbocycles. The minimum atomic E-state index is -0.538. The lowest BCUT2D eigenvalue weighted by Crippen LogP contribution is -2.47. The summed E-state index contributed by atoms with van der Waals surface area (Å²) in [6.07, 6.45) is 1.61. The number of pyridine rings is 1. The molecule has 0 bridgehead atoms. The standard InChI is InChI=1S/C32H33FN4O5/c1-2-40-14-11-34-7-9-35(10-8-34)29-25(33)19-23-28-31(29)42-27-18-22-6-4-3-5-21(22)17-26(27)37(28)20-24(30(23)38)32(39)36-12-15-41-16-13-36/h3-6,17-20H,2,7-16H2,1H3. The molecule has 1 aromatic heterocycles. The van der Waals surface area contributed by atoms with Crippen LogP contribution in [0.1, 0.15) is 17.3 Å². The zero-order chi connectivity index (χ0) is 28.8. The maximum Gasteiger partial charge on any atom is 0.259 e. The van der Waals surface area contributed by atoms with Crippen molar-refractivity contribution in [2.24, 2.45) is 0 Å². The lowest BCUT2D eigenvalue weighted by molar-refractivity contribution is 0.0301. The van der Waals surface area contributed by atoms with E-state index in [1.54, 1.807) is 11.1 Å². The molecule has 0 aliphatic carbocycles. The van der Waals surface area contributed by atoms with Gasteiger partial charge in [0, 0.05) is 58.6 Å². The molecule has 9 nitrogen and oxygen atoms in total. The van der Waals surface area contributed by atoms with Crippen LogP contribution in [0.25, 0.3) is 27.4 Å². The van der Waals surface area contributed by atoms with Crippen molar-refractivity contribution >= 4 is 33.3 Å². The van der Waals surface area contributed by atoms with Crippen LogP contribution < -0.4 is 15.1 Å². The van der Waals surface area contributed by atoms with E-state index in [-0.39, 0.29) is 16.9 Å². The molecule has 3 aliphatic heterocycles. The Labute approximate surface area is 242 Å². The maximum absolute atomic E-state index is 16.1. The van der Waals surface area contributed by atoms with Gasteiger partial charge >= 0.3 is 0 Å². The average Bonchev–Trinajstić information content (AvgIpc) is 3.02. The third kappa shape index (κ3) is 4.59. The van der Waals surface area contributed by atoms with Gasteiger partial charge in [-0.3, -0.25) is 14.5 Å². The summed E-state index contributed by atoms with van der Waals surface area (Å²) in [4.78, 5) is 33.4. The molecule has 3 aliphatic rings. The van der Waals surface area contributed by atoms with Gasteiger partial charge in [0.2, 0.25) is 5.43 Å². The highest BCUT2D eigenvalue weighted by atomic mass is 19.1. The number of fused-ring (bicyclic) bond motifs is 3. The summed E-state index contributed by atoms with van der Waals surface area (Å²) >= 11 is 0. The number of anilines is 1. The quantitative estimate of drug-likeness (QED) is 0.285. The van der Waals surface area contributed by atoms with Gasteiger partial charge in [-0.1, -0.05) is 24.3 Å². The van der Waals surface area contributed by atoms with Gasteiger partial charge in [-0.05, 0) is 35.9 Å². The van der Waals surface area contributed by atoms with E-state index in [1.807, 2.05) is 52.8 Å². The van der Waals surface area contributed by atoms with E-state index < -0.39 is 11.2 Å². The van der Waals surface area contributed by atoms with Crippen molar-refractivity contribution in [3.63, 3.8) is 0 Å². The van der Waals surface area contributed by atoms with Gasteiger partial charge in [-0.25, -0.2) is 4.39 Å². The number of piperazine rings is 1. The van der Waals surface area contributed by atoms with E-state index >= 15 is 4.39 Å². The van der Waals surface area contributed by atoms with Crippen molar-refractivity contribution in [2.45, 2.75) is 6.92 Å². The Morgan fingerprint density at radius 2 is 1.74 bits per heavy atom. The molecule has 4 aromatic rings. The zero-order valence-corrected chi connectivity index (χ0v) is 23.6. The highest BCUT2D eigenvalue weighted by Crippen LogP contribution is 2.47. The van der Waals surface area contributed by atoms with Crippen LogP contribution in [0.5, 0.6) is 11.5 Å². The zero-order valence-electron chi connectivity index (χ0n) is 23.6. The van der Waals surface area contributed by atoms with Crippen LogP contribution in [0.2, 0.25) is 0 Å². The number of hydrogen-bond donors (Lipinski definition) is 0. The second-order valence-corrected chi connectivity index (χ2v) is 10.9. The van der Waals surface area contributed by atoms with Gasteiger partial charge in [-0.2, -0.15) is 0 Å². The Balaban J connectivity index is 1.38. The predicted molar refractivity (Wildman–Crippen MR) is 159 cm³/mol. The molecule has 10 heteroatoms. The maximum atomic E-state index is 16.1. The largest absolute Gasteiger partial charge is 0.451 e. The van der Waals surface area contributed by atoms with Crippen molar-refractivity contribution in [1.29, 1.82) is 0 Å². The fourth-order valence-corrected chi connectivity index (χ4v) is 6.21. The Kier molecular flexibility index (Phi) is 7.05. The summed E-state index contributed by atoms with van der Waals surface area (Å²) in [6, 6.07) is 13.1. The first-order valence-electron chi connectivity index (χ1n) is 14.6. The molecule has 3 aromatic carbocycles. The summed E-state index contributed by atoms with van der Waals surface area (Å²) in [5.41, 5.74) is 1.01. The Morgan fingerprint density at radius 3 is 2.48 bits per heavy atom. The van der Waals surface area contributed by atoms with Gasteiger partial charge < -0.3 is 28.6 Å². The highest BCUT2D eigenvalue weighted by Gasteiger charge is 2.33. The van der Waals surface area contributed by atoms with Gasteiger partial charge in [0.15, 0.2) is 17.3 Å². The van der Waals surface area contributed by atoms with Gasteiger partial charge in [0.1, 0.15) is 16.8 Å². The number of amides is 1.